The van der Waals surface area contributed by atoms with Gasteiger partial charge in [0.1, 0.15) is 0 Å². The minimum atomic E-state index is -1.26. The maximum Gasteiger partial charge on any atom is 0.269 e. The number of carbonyl (C=O) groups excluding carboxylic acids is 1. The Hall–Kier alpha value is -2.17. The Morgan fingerprint density at radius 3 is 2.27 bits per heavy atom. The molecule has 0 N–H and O–H groups in total. The smallest absolute Gasteiger partial charge is 0.269 e. The van der Waals surface area contributed by atoms with Crippen LogP contribution in [-0.4, -0.2) is 10.9 Å². The zero-order valence-electron chi connectivity index (χ0n) is 7.97. The molecule has 78 valence electrons. The van der Waals surface area contributed by atoms with E-state index in [2.05, 4.69) is 0 Å². The number of carboxylic acids is 1. The number of carbonyl (C=O) groups is 1. The van der Waals surface area contributed by atoms with Crippen molar-refractivity contribution in [2.24, 2.45) is 0 Å². The third-order valence-corrected chi connectivity index (χ3v) is 1.81. The minimum absolute atomic E-state index is 0.0294. The van der Waals surface area contributed by atoms with Gasteiger partial charge < -0.3 is 9.90 Å². The highest BCUT2D eigenvalue weighted by molar-refractivity contribution is 5.89. The van der Waals surface area contributed by atoms with Crippen LogP contribution in [0.2, 0.25) is 0 Å². The van der Waals surface area contributed by atoms with Gasteiger partial charge in [-0.3, -0.25) is 10.1 Å². The Bertz CT molecular complexity index is 420. The van der Waals surface area contributed by atoms with Crippen LogP contribution in [0.25, 0.3) is 6.08 Å². The quantitative estimate of drug-likeness (QED) is 0.415. The van der Waals surface area contributed by atoms with E-state index < -0.39 is 10.9 Å². The molecule has 0 fully saturated rings. The summed E-state index contributed by atoms with van der Waals surface area (Å²) in [6, 6.07) is 5.58. The summed E-state index contributed by atoms with van der Waals surface area (Å²) < 4.78 is 0. The molecule has 0 aromatic heterocycles. The second kappa shape index (κ2) is 4.36. The molecule has 1 rings (SSSR count). The Balaban J connectivity index is 2.95. The summed E-state index contributed by atoms with van der Waals surface area (Å²) in [4.78, 5) is 20.2. The van der Waals surface area contributed by atoms with Crippen molar-refractivity contribution in [1.29, 1.82) is 0 Å². The van der Waals surface area contributed by atoms with E-state index in [4.69, 9.17) is 0 Å². The highest BCUT2D eigenvalue weighted by Crippen LogP contribution is 2.13. The van der Waals surface area contributed by atoms with Crippen LogP contribution in [0, 0.1) is 10.1 Å². The summed E-state index contributed by atoms with van der Waals surface area (Å²) in [5.41, 5.74) is 0.629. The summed E-state index contributed by atoms with van der Waals surface area (Å²) in [5.74, 6) is -1.26. The molecule has 0 spiro atoms. The topological polar surface area (TPSA) is 83.3 Å². The number of carboxylic acid groups (broad SMARTS) is 1. The van der Waals surface area contributed by atoms with Crippen LogP contribution in [0.4, 0.5) is 5.69 Å². The van der Waals surface area contributed by atoms with E-state index in [1.165, 1.54) is 37.3 Å². The standard InChI is InChI=1S/C10H9NO4/c1-7(10(12)13)6-8-2-4-9(5-3-8)11(14)15/h2-6H,1H3,(H,12,13)/p-1/b7-6-. The van der Waals surface area contributed by atoms with Crippen molar-refractivity contribution in [3.05, 3.63) is 45.5 Å². The number of rotatable bonds is 3. The van der Waals surface area contributed by atoms with Crippen LogP contribution in [0.5, 0.6) is 0 Å². The van der Waals surface area contributed by atoms with Gasteiger partial charge in [-0.25, -0.2) is 0 Å². The molecule has 0 heterocycles. The van der Waals surface area contributed by atoms with E-state index in [0.717, 1.165) is 0 Å². The van der Waals surface area contributed by atoms with E-state index in [1.54, 1.807) is 0 Å². The first kappa shape index (κ1) is 10.9. The summed E-state index contributed by atoms with van der Waals surface area (Å²) >= 11 is 0. The van der Waals surface area contributed by atoms with Crippen LogP contribution in [0.3, 0.4) is 0 Å². The lowest BCUT2D eigenvalue weighted by molar-refractivity contribution is -0.384. The van der Waals surface area contributed by atoms with Gasteiger partial charge in [-0.05, 0) is 30.2 Å². The van der Waals surface area contributed by atoms with Crippen LogP contribution in [-0.2, 0) is 4.79 Å². The van der Waals surface area contributed by atoms with Crippen LogP contribution >= 0.6 is 0 Å². The molecule has 1 aromatic rings. The normalized spacial score (nSPS) is 11.1. The molecule has 1 aromatic carbocycles. The molecule has 0 bridgehead atoms. The van der Waals surface area contributed by atoms with Gasteiger partial charge in [-0.15, -0.1) is 0 Å². The molecule has 0 aliphatic carbocycles. The molecular weight excluding hydrogens is 198 g/mol. The van der Waals surface area contributed by atoms with Crippen molar-refractivity contribution in [3.63, 3.8) is 0 Å². The average Bonchev–Trinajstić information content (AvgIpc) is 2.18. The SMILES string of the molecule is C/C(=C/c1ccc([N+](=O)[O-])cc1)C(=O)[O-]. The number of benzene rings is 1. The van der Waals surface area contributed by atoms with Gasteiger partial charge >= 0.3 is 0 Å². The van der Waals surface area contributed by atoms with Gasteiger partial charge in [0.2, 0.25) is 0 Å². The lowest BCUT2D eigenvalue weighted by atomic mass is 10.1. The van der Waals surface area contributed by atoms with E-state index in [0.29, 0.717) is 5.56 Å². The molecule has 0 aliphatic rings. The van der Waals surface area contributed by atoms with Crippen molar-refractivity contribution < 1.29 is 14.8 Å². The van der Waals surface area contributed by atoms with Gasteiger partial charge in [0.25, 0.3) is 5.69 Å². The Kier molecular flexibility index (Phi) is 3.17. The second-order valence-corrected chi connectivity index (χ2v) is 2.96. The molecule has 0 saturated heterocycles. The molecular formula is C10H8NO4-. The van der Waals surface area contributed by atoms with Gasteiger partial charge in [0, 0.05) is 12.1 Å². The third kappa shape index (κ3) is 2.91. The number of non-ortho nitro benzene ring substituents is 1. The van der Waals surface area contributed by atoms with Crippen LogP contribution in [0.1, 0.15) is 12.5 Å². The van der Waals surface area contributed by atoms with Crippen LogP contribution < -0.4 is 5.11 Å². The number of hydrogen-bond acceptors (Lipinski definition) is 4. The molecule has 5 heteroatoms. The van der Waals surface area contributed by atoms with E-state index >= 15 is 0 Å². The predicted molar refractivity (Wildman–Crippen MR) is 51.8 cm³/mol. The summed E-state index contributed by atoms with van der Waals surface area (Å²) in [6.07, 6.45) is 1.39. The van der Waals surface area contributed by atoms with Crippen molar-refractivity contribution in [1.82, 2.24) is 0 Å². The zero-order valence-corrected chi connectivity index (χ0v) is 7.97. The van der Waals surface area contributed by atoms with Crippen LogP contribution in [0.15, 0.2) is 29.8 Å². The predicted octanol–water partition coefficient (Wildman–Crippen LogP) is 0.748. The molecule has 15 heavy (non-hydrogen) atoms. The lowest BCUT2D eigenvalue weighted by Crippen LogP contribution is -2.22. The van der Waals surface area contributed by atoms with Crippen molar-refractivity contribution in [2.45, 2.75) is 6.92 Å². The highest BCUT2D eigenvalue weighted by Gasteiger charge is 2.02. The second-order valence-electron chi connectivity index (χ2n) is 2.96. The third-order valence-electron chi connectivity index (χ3n) is 1.81. The van der Waals surface area contributed by atoms with Crippen molar-refractivity contribution in [3.8, 4) is 0 Å². The van der Waals surface area contributed by atoms with Gasteiger partial charge in [0.05, 0.1) is 10.9 Å². The first-order chi connectivity index (χ1) is 7.00. The monoisotopic (exact) mass is 206 g/mol. The maximum atomic E-state index is 10.4. The number of nitro groups is 1. The maximum absolute atomic E-state index is 10.4. The van der Waals surface area contributed by atoms with Gasteiger partial charge in [-0.1, -0.05) is 6.08 Å². The zero-order chi connectivity index (χ0) is 11.4. The molecule has 0 aliphatic heterocycles. The van der Waals surface area contributed by atoms with Crippen molar-refractivity contribution in [2.75, 3.05) is 0 Å². The molecule has 0 unspecified atom stereocenters. The number of hydrogen-bond donors (Lipinski definition) is 0. The molecule has 0 atom stereocenters. The van der Waals surface area contributed by atoms with E-state index in [-0.39, 0.29) is 11.3 Å². The number of nitro benzene ring substituents is 1. The first-order valence-corrected chi connectivity index (χ1v) is 4.15. The lowest BCUT2D eigenvalue weighted by Gasteiger charge is -2.01. The fourth-order valence-corrected chi connectivity index (χ4v) is 1.00. The Morgan fingerprint density at radius 1 is 1.33 bits per heavy atom. The molecule has 0 saturated carbocycles. The van der Waals surface area contributed by atoms with E-state index in [1.807, 2.05) is 0 Å². The number of nitrogens with zero attached hydrogens (tertiary/aromatic N) is 1. The van der Waals surface area contributed by atoms with Crippen molar-refractivity contribution >= 4 is 17.7 Å². The number of aliphatic carboxylic acids is 1. The molecule has 0 radical (unpaired) electrons. The largest absolute Gasteiger partial charge is 0.545 e. The highest BCUT2D eigenvalue weighted by atomic mass is 16.6. The fourth-order valence-electron chi connectivity index (χ4n) is 1.00. The first-order valence-electron chi connectivity index (χ1n) is 4.15. The summed E-state index contributed by atoms with van der Waals surface area (Å²) in [6.45, 7) is 1.40. The van der Waals surface area contributed by atoms with Gasteiger partial charge in [-0.2, -0.15) is 0 Å². The Labute approximate surface area is 85.8 Å². The minimum Gasteiger partial charge on any atom is -0.545 e. The summed E-state index contributed by atoms with van der Waals surface area (Å²) in [5, 5.41) is 20.7. The molecule has 0 amide bonds. The van der Waals surface area contributed by atoms with Gasteiger partial charge in [0.15, 0.2) is 0 Å². The Morgan fingerprint density at radius 2 is 1.87 bits per heavy atom. The summed E-state index contributed by atoms with van der Waals surface area (Å²) in [7, 11) is 0. The fraction of sp³-hybridized carbons (Fsp3) is 0.100. The average molecular weight is 206 g/mol. The van der Waals surface area contributed by atoms with E-state index in [9.17, 15) is 20.0 Å². The molecule has 5 nitrogen and oxygen atoms in total.